The Bertz CT molecular complexity index is 1270. The molecule has 0 aromatic carbocycles. The molecular weight excluding hydrogens is 416 g/mol. The van der Waals surface area contributed by atoms with E-state index in [-0.39, 0.29) is 12.6 Å². The number of thiophene rings is 1. The molecule has 1 aliphatic rings. The SMILES string of the molecule is C[C@H](CO)n1cc(Nc2nc(-c3cnn(C4(CC#N)COC4)c3)c3sccc3n2)cn1. The summed E-state index contributed by atoms with van der Waals surface area (Å²) >= 11 is 1.57. The van der Waals surface area contributed by atoms with Gasteiger partial charge in [0.2, 0.25) is 5.95 Å². The maximum atomic E-state index is 9.32. The normalized spacial score (nSPS) is 16.0. The minimum atomic E-state index is -0.409. The summed E-state index contributed by atoms with van der Waals surface area (Å²) in [5, 5.41) is 32.5. The molecule has 0 radical (unpaired) electrons. The zero-order valence-electron chi connectivity index (χ0n) is 16.8. The highest BCUT2D eigenvalue weighted by Gasteiger charge is 2.41. The number of nitrogens with one attached hydrogen (secondary N) is 1. The number of anilines is 2. The van der Waals surface area contributed by atoms with Gasteiger partial charge in [-0.1, -0.05) is 0 Å². The number of aliphatic hydroxyl groups excluding tert-OH is 1. The van der Waals surface area contributed by atoms with Crippen molar-refractivity contribution in [1.29, 1.82) is 5.26 Å². The molecule has 158 valence electrons. The van der Waals surface area contributed by atoms with E-state index in [0.717, 1.165) is 27.2 Å². The lowest BCUT2D eigenvalue weighted by molar-refractivity contribution is -0.104. The Morgan fingerprint density at radius 3 is 2.94 bits per heavy atom. The number of aliphatic hydroxyl groups is 1. The highest BCUT2D eigenvalue weighted by Crippen LogP contribution is 2.34. The van der Waals surface area contributed by atoms with Gasteiger partial charge < -0.3 is 15.2 Å². The number of rotatable bonds is 7. The van der Waals surface area contributed by atoms with E-state index in [1.165, 1.54) is 0 Å². The first-order valence-corrected chi connectivity index (χ1v) is 10.7. The van der Waals surface area contributed by atoms with Crippen LogP contribution in [0.25, 0.3) is 21.5 Å². The van der Waals surface area contributed by atoms with Crippen molar-refractivity contribution in [3.63, 3.8) is 0 Å². The van der Waals surface area contributed by atoms with E-state index >= 15 is 0 Å². The van der Waals surface area contributed by atoms with Crippen LogP contribution >= 0.6 is 11.3 Å². The van der Waals surface area contributed by atoms with Crippen LogP contribution in [0.5, 0.6) is 0 Å². The van der Waals surface area contributed by atoms with Crippen molar-refractivity contribution in [3.05, 3.63) is 36.2 Å². The fourth-order valence-electron chi connectivity index (χ4n) is 3.48. The summed E-state index contributed by atoms with van der Waals surface area (Å²) in [7, 11) is 0. The molecule has 1 atom stereocenters. The fourth-order valence-corrected chi connectivity index (χ4v) is 4.32. The molecule has 5 rings (SSSR count). The van der Waals surface area contributed by atoms with Crippen molar-refractivity contribution in [2.75, 3.05) is 25.1 Å². The number of hydrogen-bond donors (Lipinski definition) is 2. The summed E-state index contributed by atoms with van der Waals surface area (Å²) < 4.78 is 9.84. The van der Waals surface area contributed by atoms with E-state index in [1.807, 2.05) is 35.4 Å². The summed E-state index contributed by atoms with van der Waals surface area (Å²) in [4.78, 5) is 9.37. The van der Waals surface area contributed by atoms with Crippen LogP contribution in [0.2, 0.25) is 0 Å². The van der Waals surface area contributed by atoms with E-state index in [4.69, 9.17) is 9.72 Å². The number of ether oxygens (including phenoxy) is 1. The van der Waals surface area contributed by atoms with Gasteiger partial charge in [0.25, 0.3) is 0 Å². The predicted octanol–water partition coefficient (Wildman–Crippen LogP) is 2.69. The van der Waals surface area contributed by atoms with Crippen molar-refractivity contribution < 1.29 is 9.84 Å². The number of nitriles is 1. The molecule has 5 heterocycles. The Morgan fingerprint density at radius 1 is 1.32 bits per heavy atom. The quantitative estimate of drug-likeness (QED) is 0.453. The van der Waals surface area contributed by atoms with Crippen molar-refractivity contribution in [3.8, 4) is 17.3 Å². The Kier molecular flexibility index (Phi) is 4.90. The van der Waals surface area contributed by atoms with Gasteiger partial charge in [-0.2, -0.15) is 15.5 Å². The van der Waals surface area contributed by atoms with Gasteiger partial charge in [-0.15, -0.1) is 11.3 Å². The number of nitrogens with zero attached hydrogens (tertiary/aromatic N) is 7. The second kappa shape index (κ2) is 7.73. The Labute approximate surface area is 181 Å². The minimum Gasteiger partial charge on any atom is -0.394 e. The first-order valence-electron chi connectivity index (χ1n) is 9.79. The van der Waals surface area contributed by atoms with Gasteiger partial charge in [0.05, 0.1) is 72.3 Å². The topological polar surface area (TPSA) is 127 Å². The second-order valence-corrected chi connectivity index (χ2v) is 8.54. The average Bonchev–Trinajstić information content (AvgIpc) is 3.50. The lowest BCUT2D eigenvalue weighted by atomic mass is 9.94. The third-order valence-corrected chi connectivity index (χ3v) is 6.28. The van der Waals surface area contributed by atoms with Crippen LogP contribution in [-0.4, -0.2) is 54.5 Å². The molecule has 4 aromatic heterocycles. The average molecular weight is 437 g/mol. The van der Waals surface area contributed by atoms with Crippen molar-refractivity contribution >= 4 is 33.2 Å². The van der Waals surface area contributed by atoms with Crippen LogP contribution < -0.4 is 5.32 Å². The van der Waals surface area contributed by atoms with Gasteiger partial charge in [-0.3, -0.25) is 9.36 Å². The highest BCUT2D eigenvalue weighted by atomic mass is 32.1. The molecule has 11 heteroatoms. The summed E-state index contributed by atoms with van der Waals surface area (Å²) in [5.74, 6) is 0.448. The Balaban J connectivity index is 1.49. The molecule has 4 aromatic rings. The Morgan fingerprint density at radius 2 is 2.19 bits per heavy atom. The van der Waals surface area contributed by atoms with E-state index in [9.17, 15) is 10.4 Å². The van der Waals surface area contributed by atoms with Crippen molar-refractivity contribution in [2.24, 2.45) is 0 Å². The first kappa shape index (κ1) is 19.6. The standard InChI is InChI=1S/C20H20N8O2S/c1-13(10-29)27-9-15(7-22-27)24-19-25-16-2-5-31-18(16)17(26-19)14-6-23-28(8-14)20(3-4-21)11-30-12-20/h2,5-9,13,29H,3,10-12H2,1H3,(H,24,25,26)/t13-/m1/s1. The van der Waals surface area contributed by atoms with Crippen LogP contribution in [0.3, 0.4) is 0 Å². The van der Waals surface area contributed by atoms with E-state index in [2.05, 4.69) is 26.6 Å². The molecule has 31 heavy (non-hydrogen) atoms. The lowest BCUT2D eigenvalue weighted by Gasteiger charge is -2.39. The van der Waals surface area contributed by atoms with Crippen LogP contribution in [0.1, 0.15) is 19.4 Å². The van der Waals surface area contributed by atoms with Crippen molar-refractivity contribution in [2.45, 2.75) is 24.9 Å². The molecule has 0 aliphatic carbocycles. The molecule has 0 unspecified atom stereocenters. The minimum absolute atomic E-state index is 0.00491. The number of aromatic nitrogens is 6. The summed E-state index contributed by atoms with van der Waals surface area (Å²) in [6.07, 6.45) is 7.51. The third-order valence-electron chi connectivity index (χ3n) is 5.37. The largest absolute Gasteiger partial charge is 0.394 e. The number of fused-ring (bicyclic) bond motifs is 1. The molecular formula is C20H20N8O2S. The van der Waals surface area contributed by atoms with Crippen LogP contribution in [-0.2, 0) is 10.3 Å². The first-order chi connectivity index (χ1) is 15.1. The van der Waals surface area contributed by atoms with E-state index < -0.39 is 5.54 Å². The molecule has 1 aliphatic heterocycles. The number of hydrogen-bond acceptors (Lipinski definition) is 9. The predicted molar refractivity (Wildman–Crippen MR) is 115 cm³/mol. The maximum Gasteiger partial charge on any atom is 0.228 e. The molecule has 1 fully saturated rings. The van der Waals surface area contributed by atoms with Gasteiger partial charge in [0.1, 0.15) is 5.54 Å². The Hall–Kier alpha value is -3.33. The van der Waals surface area contributed by atoms with Gasteiger partial charge in [0.15, 0.2) is 0 Å². The second-order valence-electron chi connectivity index (χ2n) is 7.62. The van der Waals surface area contributed by atoms with Crippen molar-refractivity contribution in [1.82, 2.24) is 29.5 Å². The van der Waals surface area contributed by atoms with E-state index in [0.29, 0.717) is 25.6 Å². The van der Waals surface area contributed by atoms with Crippen LogP contribution in [0.4, 0.5) is 11.6 Å². The molecule has 0 spiro atoms. The maximum absolute atomic E-state index is 9.32. The molecule has 0 saturated carbocycles. The smallest absolute Gasteiger partial charge is 0.228 e. The van der Waals surface area contributed by atoms with Crippen LogP contribution in [0.15, 0.2) is 36.2 Å². The fraction of sp³-hybridized carbons (Fsp3) is 0.350. The molecule has 1 saturated heterocycles. The summed E-state index contributed by atoms with van der Waals surface area (Å²) in [5.41, 5.74) is 2.79. The third kappa shape index (κ3) is 3.44. The lowest BCUT2D eigenvalue weighted by Crippen LogP contribution is -2.51. The summed E-state index contributed by atoms with van der Waals surface area (Å²) in [6.45, 7) is 2.84. The highest BCUT2D eigenvalue weighted by molar-refractivity contribution is 7.17. The summed E-state index contributed by atoms with van der Waals surface area (Å²) in [6, 6.07) is 4.07. The van der Waals surface area contributed by atoms with Gasteiger partial charge in [-0.05, 0) is 18.4 Å². The van der Waals surface area contributed by atoms with Gasteiger partial charge in [-0.25, -0.2) is 9.97 Å². The van der Waals surface area contributed by atoms with Gasteiger partial charge >= 0.3 is 0 Å². The zero-order chi connectivity index (χ0) is 21.4. The van der Waals surface area contributed by atoms with E-state index in [1.54, 1.807) is 28.4 Å². The van der Waals surface area contributed by atoms with Crippen LogP contribution in [0, 0.1) is 11.3 Å². The monoisotopic (exact) mass is 436 g/mol. The molecule has 10 nitrogen and oxygen atoms in total. The zero-order valence-corrected chi connectivity index (χ0v) is 17.6. The molecule has 0 bridgehead atoms. The molecule has 2 N–H and O–H groups in total. The molecule has 0 amide bonds. The van der Waals surface area contributed by atoms with Gasteiger partial charge in [0, 0.05) is 18.0 Å².